The first-order valence-corrected chi connectivity index (χ1v) is 8.34. The minimum Gasteiger partial charge on any atom is -0.379 e. The Morgan fingerprint density at radius 3 is 2.41 bits per heavy atom. The van der Waals surface area contributed by atoms with E-state index in [1.54, 1.807) is 16.7 Å². The molecule has 0 atom stereocenters. The summed E-state index contributed by atoms with van der Waals surface area (Å²) in [6.45, 7) is 9.89. The molecule has 6 nitrogen and oxygen atoms in total. The molecule has 128 valence electrons. The first-order chi connectivity index (χ1) is 10.5. The summed E-state index contributed by atoms with van der Waals surface area (Å²) in [6.07, 6.45) is 2.51. The van der Waals surface area contributed by atoms with Gasteiger partial charge in [-0.05, 0) is 6.42 Å². The van der Waals surface area contributed by atoms with Crippen LogP contribution in [0.4, 0.5) is 0 Å². The van der Waals surface area contributed by atoms with E-state index in [1.807, 2.05) is 7.05 Å². The second kappa shape index (κ2) is 10.6. The third-order valence-electron chi connectivity index (χ3n) is 4.10. The summed E-state index contributed by atoms with van der Waals surface area (Å²) in [5.41, 5.74) is 0. The zero-order chi connectivity index (χ0) is 16.4. The minimum absolute atomic E-state index is 0.0391. The van der Waals surface area contributed by atoms with Crippen LogP contribution < -0.4 is 0 Å². The summed E-state index contributed by atoms with van der Waals surface area (Å²) in [7, 11) is 1.84. The summed E-state index contributed by atoms with van der Waals surface area (Å²) >= 11 is 0. The van der Waals surface area contributed by atoms with Crippen molar-refractivity contribution in [1.82, 2.24) is 14.7 Å². The Kier molecular flexibility index (Phi) is 9.08. The number of morpholine rings is 1. The van der Waals surface area contributed by atoms with Gasteiger partial charge in [0.2, 0.25) is 11.8 Å². The smallest absolute Gasteiger partial charge is 0.224 e. The molecule has 1 aliphatic rings. The van der Waals surface area contributed by atoms with Gasteiger partial charge in [0.15, 0.2) is 0 Å². The summed E-state index contributed by atoms with van der Waals surface area (Å²) in [5, 5.41) is 0. The summed E-state index contributed by atoms with van der Waals surface area (Å²) in [4.78, 5) is 29.6. The third-order valence-corrected chi connectivity index (χ3v) is 4.10. The molecule has 1 heterocycles. The fourth-order valence-electron chi connectivity index (χ4n) is 2.46. The molecule has 22 heavy (non-hydrogen) atoms. The zero-order valence-corrected chi connectivity index (χ0v) is 14.3. The lowest BCUT2D eigenvalue weighted by molar-refractivity contribution is -0.132. The SMILES string of the molecule is CCCCN(C)C(=O)CCN(CCN1CCOCC1)C(C)=O. The van der Waals surface area contributed by atoms with Gasteiger partial charge < -0.3 is 14.5 Å². The molecule has 0 spiro atoms. The van der Waals surface area contributed by atoms with E-state index in [2.05, 4.69) is 11.8 Å². The maximum absolute atomic E-state index is 12.0. The molecule has 1 aliphatic heterocycles. The lowest BCUT2D eigenvalue weighted by Crippen LogP contribution is -2.43. The average molecular weight is 313 g/mol. The third kappa shape index (κ3) is 7.22. The van der Waals surface area contributed by atoms with Crippen LogP contribution in [0.15, 0.2) is 0 Å². The van der Waals surface area contributed by atoms with Crippen LogP contribution in [0.25, 0.3) is 0 Å². The predicted molar refractivity (Wildman–Crippen MR) is 86.7 cm³/mol. The fourth-order valence-corrected chi connectivity index (χ4v) is 2.46. The van der Waals surface area contributed by atoms with E-state index < -0.39 is 0 Å². The maximum Gasteiger partial charge on any atom is 0.224 e. The van der Waals surface area contributed by atoms with Crippen LogP contribution in [0.1, 0.15) is 33.1 Å². The van der Waals surface area contributed by atoms with Crippen molar-refractivity contribution < 1.29 is 14.3 Å². The molecule has 0 saturated carbocycles. The Morgan fingerprint density at radius 2 is 1.82 bits per heavy atom. The minimum atomic E-state index is 0.0391. The van der Waals surface area contributed by atoms with E-state index >= 15 is 0 Å². The molecule has 1 saturated heterocycles. The number of ether oxygens (including phenoxy) is 1. The van der Waals surface area contributed by atoms with E-state index in [-0.39, 0.29) is 11.8 Å². The first-order valence-electron chi connectivity index (χ1n) is 8.34. The Hall–Kier alpha value is -1.14. The van der Waals surface area contributed by atoms with E-state index in [9.17, 15) is 9.59 Å². The van der Waals surface area contributed by atoms with Gasteiger partial charge in [-0.15, -0.1) is 0 Å². The summed E-state index contributed by atoms with van der Waals surface area (Å²) in [6, 6.07) is 0. The highest BCUT2D eigenvalue weighted by Gasteiger charge is 2.16. The Labute approximate surface area is 134 Å². The molecule has 0 aromatic carbocycles. The number of carbonyl (C=O) groups is 2. The van der Waals surface area contributed by atoms with Gasteiger partial charge in [-0.25, -0.2) is 0 Å². The van der Waals surface area contributed by atoms with Gasteiger partial charge in [-0.1, -0.05) is 13.3 Å². The van der Waals surface area contributed by atoms with E-state index in [0.717, 1.165) is 52.2 Å². The summed E-state index contributed by atoms with van der Waals surface area (Å²) in [5.74, 6) is 0.156. The van der Waals surface area contributed by atoms with E-state index in [4.69, 9.17) is 4.74 Å². The fraction of sp³-hybridized carbons (Fsp3) is 0.875. The molecule has 0 aromatic rings. The Morgan fingerprint density at radius 1 is 1.14 bits per heavy atom. The van der Waals surface area contributed by atoms with Crippen molar-refractivity contribution in [3.63, 3.8) is 0 Å². The molecule has 1 fully saturated rings. The lowest BCUT2D eigenvalue weighted by atomic mass is 10.3. The van der Waals surface area contributed by atoms with Gasteiger partial charge in [-0.2, -0.15) is 0 Å². The van der Waals surface area contributed by atoms with Crippen molar-refractivity contribution in [3.05, 3.63) is 0 Å². The number of amides is 2. The van der Waals surface area contributed by atoms with Crippen LogP contribution in [0.2, 0.25) is 0 Å². The topological polar surface area (TPSA) is 53.1 Å². The van der Waals surface area contributed by atoms with Crippen molar-refractivity contribution in [1.29, 1.82) is 0 Å². The van der Waals surface area contributed by atoms with E-state index in [0.29, 0.717) is 19.5 Å². The van der Waals surface area contributed by atoms with Crippen LogP contribution in [0.3, 0.4) is 0 Å². The second-order valence-electron chi connectivity index (χ2n) is 5.88. The van der Waals surface area contributed by atoms with Crippen LogP contribution in [0, 0.1) is 0 Å². The maximum atomic E-state index is 12.0. The molecule has 6 heteroatoms. The van der Waals surface area contributed by atoms with Crippen molar-refractivity contribution in [2.45, 2.75) is 33.1 Å². The second-order valence-corrected chi connectivity index (χ2v) is 5.88. The molecule has 0 aromatic heterocycles. The Bertz CT molecular complexity index is 344. The highest BCUT2D eigenvalue weighted by atomic mass is 16.5. The lowest BCUT2D eigenvalue weighted by Gasteiger charge is -2.30. The van der Waals surface area contributed by atoms with Gasteiger partial charge in [0, 0.05) is 59.7 Å². The van der Waals surface area contributed by atoms with Crippen LogP contribution >= 0.6 is 0 Å². The van der Waals surface area contributed by atoms with Gasteiger partial charge in [-0.3, -0.25) is 14.5 Å². The number of hydrogen-bond acceptors (Lipinski definition) is 4. The quantitative estimate of drug-likeness (QED) is 0.632. The molecule has 0 radical (unpaired) electrons. The predicted octanol–water partition coefficient (Wildman–Crippen LogP) is 0.816. The highest BCUT2D eigenvalue weighted by molar-refractivity contribution is 5.77. The van der Waals surface area contributed by atoms with Crippen LogP contribution in [0.5, 0.6) is 0 Å². The van der Waals surface area contributed by atoms with Crippen molar-refractivity contribution >= 4 is 11.8 Å². The van der Waals surface area contributed by atoms with Crippen molar-refractivity contribution in [2.24, 2.45) is 0 Å². The van der Waals surface area contributed by atoms with Gasteiger partial charge in [0.25, 0.3) is 0 Å². The van der Waals surface area contributed by atoms with E-state index in [1.165, 1.54) is 0 Å². The number of hydrogen-bond donors (Lipinski definition) is 0. The standard InChI is InChI=1S/C16H31N3O3/c1-4-5-7-17(3)16(21)6-8-19(15(2)20)10-9-18-11-13-22-14-12-18/h4-14H2,1-3H3. The largest absolute Gasteiger partial charge is 0.379 e. The number of carbonyl (C=O) groups excluding carboxylic acids is 2. The van der Waals surface area contributed by atoms with Gasteiger partial charge in [0.1, 0.15) is 0 Å². The zero-order valence-electron chi connectivity index (χ0n) is 14.3. The monoisotopic (exact) mass is 313 g/mol. The average Bonchev–Trinajstić information content (AvgIpc) is 2.52. The number of rotatable bonds is 9. The molecule has 0 N–H and O–H groups in total. The molecule has 1 rings (SSSR count). The molecule has 0 unspecified atom stereocenters. The summed E-state index contributed by atoms with van der Waals surface area (Å²) < 4.78 is 5.32. The molecular formula is C16H31N3O3. The molecular weight excluding hydrogens is 282 g/mol. The molecule has 0 aliphatic carbocycles. The van der Waals surface area contributed by atoms with Gasteiger partial charge >= 0.3 is 0 Å². The van der Waals surface area contributed by atoms with Gasteiger partial charge in [0.05, 0.1) is 13.2 Å². The number of nitrogens with zero attached hydrogens (tertiary/aromatic N) is 3. The Balaban J connectivity index is 2.30. The molecule has 2 amide bonds. The molecule has 0 bridgehead atoms. The van der Waals surface area contributed by atoms with Crippen LogP contribution in [-0.4, -0.2) is 86.0 Å². The number of unbranched alkanes of at least 4 members (excludes halogenated alkanes) is 1. The highest BCUT2D eigenvalue weighted by Crippen LogP contribution is 2.01. The first kappa shape index (κ1) is 18.9. The normalized spacial score (nSPS) is 15.6. The van der Waals surface area contributed by atoms with Crippen LogP contribution in [-0.2, 0) is 14.3 Å². The van der Waals surface area contributed by atoms with Crippen molar-refractivity contribution in [3.8, 4) is 0 Å². The van der Waals surface area contributed by atoms with Crippen molar-refractivity contribution in [2.75, 3.05) is 59.5 Å².